The predicted molar refractivity (Wildman–Crippen MR) is 67.4 cm³/mol. The van der Waals surface area contributed by atoms with Gasteiger partial charge in [0, 0.05) is 11.1 Å². The van der Waals surface area contributed by atoms with Crippen molar-refractivity contribution in [3.8, 4) is 5.75 Å². The molecule has 0 aliphatic carbocycles. The van der Waals surface area contributed by atoms with Crippen molar-refractivity contribution in [2.45, 2.75) is 20.8 Å². The number of halogens is 1. The molecular formula is C13H14ClNO. The summed E-state index contributed by atoms with van der Waals surface area (Å²) in [6, 6.07) is 5.81. The molecule has 0 amide bonds. The van der Waals surface area contributed by atoms with Crippen molar-refractivity contribution in [2.24, 2.45) is 0 Å². The number of rotatable bonds is 2. The lowest BCUT2D eigenvalue weighted by molar-refractivity contribution is 0.340. The molecule has 2 nitrogen and oxygen atoms in total. The Morgan fingerprint density at radius 3 is 2.75 bits per heavy atom. The van der Waals surface area contributed by atoms with Crippen LogP contribution >= 0.6 is 11.6 Å². The molecular weight excluding hydrogens is 222 g/mol. The van der Waals surface area contributed by atoms with Crippen molar-refractivity contribution in [3.63, 3.8) is 0 Å². The van der Waals surface area contributed by atoms with Crippen molar-refractivity contribution in [1.82, 2.24) is 4.98 Å². The molecule has 3 heteroatoms. The maximum Gasteiger partial charge on any atom is 0.120 e. The summed E-state index contributed by atoms with van der Waals surface area (Å²) >= 11 is 6.31. The predicted octanol–water partition coefficient (Wildman–Crippen LogP) is 3.90. The molecule has 2 aromatic rings. The maximum atomic E-state index is 6.31. The summed E-state index contributed by atoms with van der Waals surface area (Å²) in [6.07, 6.45) is 0. The van der Waals surface area contributed by atoms with Gasteiger partial charge in [-0.1, -0.05) is 11.6 Å². The first-order valence-electron chi connectivity index (χ1n) is 5.32. The third-order valence-corrected chi connectivity index (χ3v) is 3.16. The zero-order valence-electron chi connectivity index (χ0n) is 9.67. The van der Waals surface area contributed by atoms with Gasteiger partial charge in [0.05, 0.1) is 17.1 Å². The van der Waals surface area contributed by atoms with Gasteiger partial charge in [0.15, 0.2) is 0 Å². The average molecular weight is 236 g/mol. The normalized spacial score (nSPS) is 10.8. The Kier molecular flexibility index (Phi) is 3.01. The Morgan fingerprint density at radius 1 is 1.31 bits per heavy atom. The number of hydrogen-bond donors (Lipinski definition) is 0. The quantitative estimate of drug-likeness (QED) is 0.788. The highest BCUT2D eigenvalue weighted by atomic mass is 35.5. The van der Waals surface area contributed by atoms with Crippen LogP contribution in [0.2, 0.25) is 5.02 Å². The topological polar surface area (TPSA) is 22.1 Å². The van der Waals surface area contributed by atoms with Crippen LogP contribution in [0.25, 0.3) is 10.9 Å². The monoisotopic (exact) mass is 235 g/mol. The first-order valence-corrected chi connectivity index (χ1v) is 5.70. The third-order valence-electron chi connectivity index (χ3n) is 2.68. The first-order chi connectivity index (χ1) is 7.63. The van der Waals surface area contributed by atoms with Crippen LogP contribution in [-0.4, -0.2) is 11.6 Å². The minimum absolute atomic E-state index is 0.654. The van der Waals surface area contributed by atoms with Crippen LogP contribution in [0, 0.1) is 13.8 Å². The van der Waals surface area contributed by atoms with E-state index in [9.17, 15) is 0 Å². The molecule has 0 N–H and O–H groups in total. The van der Waals surface area contributed by atoms with E-state index in [1.54, 1.807) is 0 Å². The summed E-state index contributed by atoms with van der Waals surface area (Å²) in [5, 5.41) is 1.72. The van der Waals surface area contributed by atoms with E-state index in [0.29, 0.717) is 6.61 Å². The molecule has 1 aromatic carbocycles. The van der Waals surface area contributed by atoms with Crippen LogP contribution in [0.3, 0.4) is 0 Å². The highest BCUT2D eigenvalue weighted by Crippen LogP contribution is 2.30. The minimum atomic E-state index is 0.654. The van der Waals surface area contributed by atoms with Crippen LogP contribution in [0.1, 0.15) is 18.2 Å². The Bertz CT molecular complexity index is 537. The molecule has 0 spiro atoms. The van der Waals surface area contributed by atoms with Crippen LogP contribution < -0.4 is 4.74 Å². The molecule has 2 rings (SSSR count). The van der Waals surface area contributed by atoms with Crippen LogP contribution in [-0.2, 0) is 0 Å². The molecule has 1 aromatic heterocycles. The number of hydrogen-bond acceptors (Lipinski definition) is 2. The number of ether oxygens (including phenoxy) is 1. The minimum Gasteiger partial charge on any atom is -0.494 e. The lowest BCUT2D eigenvalue weighted by atomic mass is 10.1. The Hall–Kier alpha value is -1.28. The van der Waals surface area contributed by atoms with E-state index in [4.69, 9.17) is 16.3 Å². The van der Waals surface area contributed by atoms with Crippen molar-refractivity contribution < 1.29 is 4.74 Å². The Balaban J connectivity index is 2.68. The number of aromatic nitrogens is 1. The van der Waals surface area contributed by atoms with Crippen LogP contribution in [0.4, 0.5) is 0 Å². The van der Waals surface area contributed by atoms with Crippen molar-refractivity contribution in [1.29, 1.82) is 0 Å². The van der Waals surface area contributed by atoms with Crippen molar-refractivity contribution in [3.05, 3.63) is 34.5 Å². The lowest BCUT2D eigenvalue weighted by Gasteiger charge is -2.09. The Labute approximate surface area is 100 Å². The molecule has 84 valence electrons. The first kappa shape index (κ1) is 11.2. The molecule has 0 radical (unpaired) electrons. The molecule has 1 heterocycles. The number of nitrogens with zero attached hydrogens (tertiary/aromatic N) is 1. The van der Waals surface area contributed by atoms with Gasteiger partial charge in [-0.25, -0.2) is 0 Å². The smallest absolute Gasteiger partial charge is 0.120 e. The van der Waals surface area contributed by atoms with Crippen molar-refractivity contribution in [2.75, 3.05) is 6.61 Å². The summed E-state index contributed by atoms with van der Waals surface area (Å²) in [6.45, 7) is 6.57. The van der Waals surface area contributed by atoms with Gasteiger partial charge in [0.1, 0.15) is 5.75 Å². The fourth-order valence-corrected chi connectivity index (χ4v) is 1.96. The molecule has 16 heavy (non-hydrogen) atoms. The SMILES string of the molecule is CCOc1ccc2nc(C)c(C)c(Cl)c2c1. The second-order valence-corrected chi connectivity index (χ2v) is 4.13. The average Bonchev–Trinajstić information content (AvgIpc) is 2.28. The van der Waals surface area contributed by atoms with Gasteiger partial charge in [-0.3, -0.25) is 4.98 Å². The van der Waals surface area contributed by atoms with Gasteiger partial charge < -0.3 is 4.74 Å². The van der Waals surface area contributed by atoms with Gasteiger partial charge >= 0.3 is 0 Å². The zero-order valence-corrected chi connectivity index (χ0v) is 10.4. The van der Waals surface area contributed by atoms with Gasteiger partial charge in [0.2, 0.25) is 0 Å². The number of pyridine rings is 1. The van der Waals surface area contributed by atoms with E-state index in [-0.39, 0.29) is 0 Å². The molecule has 0 bridgehead atoms. The van der Waals surface area contributed by atoms with E-state index in [0.717, 1.165) is 32.9 Å². The molecule has 0 saturated carbocycles. The van der Waals surface area contributed by atoms with E-state index in [2.05, 4.69) is 4.98 Å². The number of benzene rings is 1. The van der Waals surface area contributed by atoms with Gasteiger partial charge in [-0.2, -0.15) is 0 Å². The van der Waals surface area contributed by atoms with Crippen molar-refractivity contribution >= 4 is 22.5 Å². The lowest BCUT2D eigenvalue weighted by Crippen LogP contribution is -1.94. The second-order valence-electron chi connectivity index (χ2n) is 3.75. The maximum absolute atomic E-state index is 6.31. The number of aryl methyl sites for hydroxylation is 1. The second kappa shape index (κ2) is 4.30. The third kappa shape index (κ3) is 1.85. The summed E-state index contributed by atoms with van der Waals surface area (Å²) in [5.74, 6) is 0.835. The summed E-state index contributed by atoms with van der Waals surface area (Å²) in [4.78, 5) is 4.50. The fraction of sp³-hybridized carbons (Fsp3) is 0.308. The zero-order chi connectivity index (χ0) is 11.7. The molecule has 0 unspecified atom stereocenters. The van der Waals surface area contributed by atoms with E-state index in [1.807, 2.05) is 39.0 Å². The summed E-state index contributed by atoms with van der Waals surface area (Å²) in [7, 11) is 0. The molecule has 0 aliphatic rings. The van der Waals surface area contributed by atoms with Gasteiger partial charge in [-0.15, -0.1) is 0 Å². The van der Waals surface area contributed by atoms with E-state index < -0.39 is 0 Å². The van der Waals surface area contributed by atoms with Gasteiger partial charge in [0.25, 0.3) is 0 Å². The van der Waals surface area contributed by atoms with Crippen LogP contribution in [0.5, 0.6) is 5.75 Å². The number of fused-ring (bicyclic) bond motifs is 1. The highest BCUT2D eigenvalue weighted by molar-refractivity contribution is 6.36. The Morgan fingerprint density at radius 2 is 2.06 bits per heavy atom. The molecule has 0 fully saturated rings. The highest BCUT2D eigenvalue weighted by Gasteiger charge is 2.08. The van der Waals surface area contributed by atoms with Gasteiger partial charge in [-0.05, 0) is 44.5 Å². The van der Waals surface area contributed by atoms with E-state index >= 15 is 0 Å². The standard InChI is InChI=1S/C13H14ClNO/c1-4-16-10-5-6-12-11(7-10)13(14)8(2)9(3)15-12/h5-7H,4H2,1-3H3. The van der Waals surface area contributed by atoms with Crippen LogP contribution in [0.15, 0.2) is 18.2 Å². The largest absolute Gasteiger partial charge is 0.494 e. The summed E-state index contributed by atoms with van der Waals surface area (Å²) in [5.41, 5.74) is 2.92. The molecule has 0 saturated heterocycles. The fourth-order valence-electron chi connectivity index (χ4n) is 1.67. The molecule has 0 aliphatic heterocycles. The molecule has 0 atom stereocenters. The summed E-state index contributed by atoms with van der Waals surface area (Å²) < 4.78 is 5.45. The van der Waals surface area contributed by atoms with E-state index in [1.165, 1.54) is 0 Å².